The lowest BCUT2D eigenvalue weighted by Gasteiger charge is -2.11. The third-order valence-electron chi connectivity index (χ3n) is 5.68. The first kappa shape index (κ1) is 10.2. The zero-order valence-electron chi connectivity index (χ0n) is 11.1. The first-order chi connectivity index (χ1) is 9.33. The zero-order valence-corrected chi connectivity index (χ0v) is 11.1. The van der Waals surface area contributed by atoms with Crippen LogP contribution in [0, 0.1) is 23.7 Å². The molecule has 4 heteroatoms. The van der Waals surface area contributed by atoms with Crippen LogP contribution in [0.15, 0.2) is 18.6 Å². The highest BCUT2D eigenvalue weighted by Crippen LogP contribution is 2.66. The van der Waals surface area contributed by atoms with Crippen LogP contribution in [0.25, 0.3) is 11.0 Å². The van der Waals surface area contributed by atoms with Crippen molar-refractivity contribution in [2.24, 2.45) is 30.7 Å². The topological polar surface area (TPSA) is 42.7 Å². The van der Waals surface area contributed by atoms with Gasteiger partial charge in [0.1, 0.15) is 5.52 Å². The minimum Gasteiger partial charge on any atom is -0.365 e. The minimum atomic E-state index is 0.673. The molecular formula is C15H18N4. The number of anilines is 1. The van der Waals surface area contributed by atoms with Crippen LogP contribution in [0.2, 0.25) is 0 Å². The number of aromatic nitrogens is 3. The maximum Gasteiger partial charge on any atom is 0.154 e. The highest BCUT2D eigenvalue weighted by Gasteiger charge is 2.65. The molecule has 4 atom stereocenters. The standard InChI is InChI=1S/C15H18N4/c1-19-7-17-13-10(19)4-5-16-15(13)18-14-11-8-2-3-9(6-8)12(11)14/h4-5,7-9,11-12,14H,2-3,6H2,1H3,(H,16,18). The number of nitrogens with zero attached hydrogens (tertiary/aromatic N) is 3. The Morgan fingerprint density at radius 1 is 1.21 bits per heavy atom. The van der Waals surface area contributed by atoms with E-state index in [-0.39, 0.29) is 0 Å². The molecule has 3 aliphatic rings. The van der Waals surface area contributed by atoms with E-state index < -0.39 is 0 Å². The fourth-order valence-corrected chi connectivity index (χ4v) is 4.84. The van der Waals surface area contributed by atoms with Gasteiger partial charge in [-0.25, -0.2) is 9.97 Å². The molecule has 4 unspecified atom stereocenters. The van der Waals surface area contributed by atoms with Crippen LogP contribution in [0.5, 0.6) is 0 Å². The SMILES string of the molecule is Cn1cnc2c(NC3C4C5CCC(C5)C34)nccc21. The molecule has 0 radical (unpaired) electrons. The van der Waals surface area contributed by atoms with Gasteiger partial charge in [0.15, 0.2) is 5.82 Å². The predicted molar refractivity (Wildman–Crippen MR) is 73.7 cm³/mol. The Balaban J connectivity index is 1.48. The van der Waals surface area contributed by atoms with Gasteiger partial charge in [0, 0.05) is 19.3 Å². The minimum absolute atomic E-state index is 0.673. The number of aryl methyl sites for hydroxylation is 1. The number of hydrogen-bond donors (Lipinski definition) is 1. The van der Waals surface area contributed by atoms with E-state index in [1.807, 2.05) is 25.6 Å². The van der Waals surface area contributed by atoms with Gasteiger partial charge in [0.05, 0.1) is 11.8 Å². The summed E-state index contributed by atoms with van der Waals surface area (Å²) < 4.78 is 2.06. The molecule has 0 amide bonds. The molecule has 2 bridgehead atoms. The molecule has 3 aliphatic carbocycles. The van der Waals surface area contributed by atoms with Gasteiger partial charge in [-0.15, -0.1) is 0 Å². The first-order valence-electron chi connectivity index (χ1n) is 7.35. The molecule has 2 heterocycles. The Hall–Kier alpha value is -1.58. The molecule has 98 valence electrons. The van der Waals surface area contributed by atoms with E-state index in [4.69, 9.17) is 0 Å². The van der Waals surface area contributed by atoms with Gasteiger partial charge in [-0.2, -0.15) is 0 Å². The molecule has 5 rings (SSSR count). The summed E-state index contributed by atoms with van der Waals surface area (Å²) in [5, 5.41) is 3.69. The second kappa shape index (κ2) is 3.30. The lowest BCUT2D eigenvalue weighted by Crippen LogP contribution is -2.13. The van der Waals surface area contributed by atoms with E-state index in [2.05, 4.69) is 19.9 Å². The van der Waals surface area contributed by atoms with Crippen molar-refractivity contribution < 1.29 is 0 Å². The Morgan fingerprint density at radius 3 is 2.79 bits per heavy atom. The fraction of sp³-hybridized carbons (Fsp3) is 0.600. The van der Waals surface area contributed by atoms with E-state index in [9.17, 15) is 0 Å². The molecule has 0 saturated heterocycles. The van der Waals surface area contributed by atoms with Gasteiger partial charge in [0.2, 0.25) is 0 Å². The van der Waals surface area contributed by atoms with Crippen molar-refractivity contribution in [3.8, 4) is 0 Å². The van der Waals surface area contributed by atoms with Crippen LogP contribution in [0.4, 0.5) is 5.82 Å². The number of pyridine rings is 1. The third-order valence-corrected chi connectivity index (χ3v) is 5.68. The van der Waals surface area contributed by atoms with Gasteiger partial charge in [-0.3, -0.25) is 0 Å². The Kier molecular flexibility index (Phi) is 1.78. The molecule has 19 heavy (non-hydrogen) atoms. The molecule has 3 fully saturated rings. The number of fused-ring (bicyclic) bond motifs is 6. The highest BCUT2D eigenvalue weighted by atomic mass is 15.1. The van der Waals surface area contributed by atoms with Crippen molar-refractivity contribution in [3.63, 3.8) is 0 Å². The van der Waals surface area contributed by atoms with Crippen molar-refractivity contribution in [3.05, 3.63) is 18.6 Å². The fourth-order valence-electron chi connectivity index (χ4n) is 4.84. The molecule has 0 aliphatic heterocycles. The van der Waals surface area contributed by atoms with Gasteiger partial charge in [0.25, 0.3) is 0 Å². The summed E-state index contributed by atoms with van der Waals surface area (Å²) in [7, 11) is 2.03. The van der Waals surface area contributed by atoms with Crippen LogP contribution in [0.3, 0.4) is 0 Å². The van der Waals surface area contributed by atoms with Crippen molar-refractivity contribution in [1.29, 1.82) is 0 Å². The summed E-state index contributed by atoms with van der Waals surface area (Å²) in [4.78, 5) is 9.00. The second-order valence-corrected chi connectivity index (χ2v) is 6.54. The molecule has 1 N–H and O–H groups in total. The van der Waals surface area contributed by atoms with E-state index in [1.54, 1.807) is 0 Å². The number of imidazole rings is 1. The van der Waals surface area contributed by atoms with Gasteiger partial charge < -0.3 is 9.88 Å². The predicted octanol–water partition coefficient (Wildman–Crippen LogP) is 2.42. The second-order valence-electron chi connectivity index (χ2n) is 6.54. The maximum atomic E-state index is 4.51. The summed E-state index contributed by atoms with van der Waals surface area (Å²) >= 11 is 0. The smallest absolute Gasteiger partial charge is 0.154 e. The summed E-state index contributed by atoms with van der Waals surface area (Å²) in [6.07, 6.45) is 8.18. The van der Waals surface area contributed by atoms with Crippen LogP contribution in [0.1, 0.15) is 19.3 Å². The lowest BCUT2D eigenvalue weighted by atomic mass is 10.0. The molecular weight excluding hydrogens is 236 g/mol. The van der Waals surface area contributed by atoms with Crippen LogP contribution in [-0.4, -0.2) is 20.6 Å². The van der Waals surface area contributed by atoms with Crippen molar-refractivity contribution in [2.75, 3.05) is 5.32 Å². The Labute approximate surface area is 112 Å². The van der Waals surface area contributed by atoms with Gasteiger partial charge in [-0.05, 0) is 49.0 Å². The normalized spacial score (nSPS) is 38.7. The molecule has 4 nitrogen and oxygen atoms in total. The van der Waals surface area contributed by atoms with E-state index in [0.717, 1.165) is 40.5 Å². The van der Waals surface area contributed by atoms with Gasteiger partial charge in [-0.1, -0.05) is 0 Å². The quantitative estimate of drug-likeness (QED) is 0.895. The average molecular weight is 254 g/mol. The lowest BCUT2D eigenvalue weighted by molar-refractivity contribution is 0.456. The summed E-state index contributed by atoms with van der Waals surface area (Å²) in [6.45, 7) is 0. The third kappa shape index (κ3) is 1.24. The summed E-state index contributed by atoms with van der Waals surface area (Å²) in [6, 6.07) is 2.71. The largest absolute Gasteiger partial charge is 0.365 e. The highest BCUT2D eigenvalue weighted by molar-refractivity contribution is 5.86. The Morgan fingerprint density at radius 2 is 2.00 bits per heavy atom. The number of rotatable bonds is 2. The van der Waals surface area contributed by atoms with E-state index in [0.29, 0.717) is 6.04 Å². The monoisotopic (exact) mass is 254 g/mol. The van der Waals surface area contributed by atoms with Crippen molar-refractivity contribution in [2.45, 2.75) is 25.3 Å². The van der Waals surface area contributed by atoms with Crippen LogP contribution < -0.4 is 5.32 Å². The average Bonchev–Trinajstić information content (AvgIpc) is 2.82. The molecule has 2 aromatic heterocycles. The molecule has 0 spiro atoms. The number of nitrogens with one attached hydrogen (secondary N) is 1. The molecule has 0 aromatic carbocycles. The first-order valence-corrected chi connectivity index (χ1v) is 7.35. The van der Waals surface area contributed by atoms with E-state index >= 15 is 0 Å². The van der Waals surface area contributed by atoms with Crippen molar-refractivity contribution >= 4 is 16.9 Å². The van der Waals surface area contributed by atoms with E-state index in [1.165, 1.54) is 19.3 Å². The zero-order chi connectivity index (χ0) is 12.6. The maximum absolute atomic E-state index is 4.51. The number of hydrogen-bond acceptors (Lipinski definition) is 3. The van der Waals surface area contributed by atoms with Crippen molar-refractivity contribution in [1.82, 2.24) is 14.5 Å². The molecule has 3 saturated carbocycles. The summed E-state index contributed by atoms with van der Waals surface area (Å²) in [5.41, 5.74) is 2.17. The summed E-state index contributed by atoms with van der Waals surface area (Å²) in [5.74, 6) is 4.84. The van der Waals surface area contributed by atoms with Crippen LogP contribution in [-0.2, 0) is 7.05 Å². The van der Waals surface area contributed by atoms with Gasteiger partial charge >= 0.3 is 0 Å². The van der Waals surface area contributed by atoms with Crippen LogP contribution >= 0.6 is 0 Å². The molecule has 2 aromatic rings. The Bertz CT molecular complexity index is 645.